The van der Waals surface area contributed by atoms with E-state index in [1.165, 1.54) is 11.8 Å². The number of hydrogen-bond donors (Lipinski definition) is 1. The third kappa shape index (κ3) is 3.75. The van der Waals surface area contributed by atoms with E-state index in [1.54, 1.807) is 0 Å². The van der Waals surface area contributed by atoms with Gasteiger partial charge in [0.05, 0.1) is 10.9 Å². The molecule has 1 aromatic carbocycles. The van der Waals surface area contributed by atoms with E-state index in [1.807, 2.05) is 35.0 Å². The van der Waals surface area contributed by atoms with E-state index < -0.39 is 0 Å². The first-order valence-corrected chi connectivity index (χ1v) is 9.00. The van der Waals surface area contributed by atoms with E-state index in [9.17, 15) is 4.79 Å². The first-order valence-electron chi connectivity index (χ1n) is 8.12. The quantitative estimate of drug-likeness (QED) is 0.935. The molecule has 122 valence electrons. The Morgan fingerprint density at radius 1 is 1.26 bits per heavy atom. The van der Waals surface area contributed by atoms with Crippen molar-refractivity contribution in [3.8, 4) is 5.69 Å². The number of nitrogens with zero attached hydrogens (tertiary/aromatic N) is 3. The molecule has 0 bridgehead atoms. The fourth-order valence-corrected chi connectivity index (χ4v) is 3.64. The standard InChI is InChI=1S/C17H22N4OS/c1-12(2)15-19-17(20-21(15)13-8-4-3-5-9-13)23-14-10-6-7-11-18-16(14)22/h3-5,8-9,12,14H,6-7,10-11H2,1-2H3,(H,18,22)/t14-/m0/s1. The van der Waals surface area contributed by atoms with Crippen LogP contribution in [0.4, 0.5) is 0 Å². The van der Waals surface area contributed by atoms with Gasteiger partial charge in [-0.25, -0.2) is 9.67 Å². The van der Waals surface area contributed by atoms with Crippen LogP contribution in [0.5, 0.6) is 0 Å². The molecule has 6 heteroatoms. The number of thioether (sulfide) groups is 1. The first-order chi connectivity index (χ1) is 11.1. The average molecular weight is 330 g/mol. The Morgan fingerprint density at radius 2 is 2.04 bits per heavy atom. The highest BCUT2D eigenvalue weighted by molar-refractivity contribution is 8.00. The van der Waals surface area contributed by atoms with E-state index in [0.717, 1.165) is 37.3 Å². The minimum atomic E-state index is -0.0934. The Balaban J connectivity index is 1.87. The Morgan fingerprint density at radius 3 is 2.78 bits per heavy atom. The van der Waals surface area contributed by atoms with E-state index in [0.29, 0.717) is 5.16 Å². The molecular weight excluding hydrogens is 308 g/mol. The number of para-hydroxylation sites is 1. The van der Waals surface area contributed by atoms with Crippen LogP contribution in [0.3, 0.4) is 0 Å². The molecule has 2 heterocycles. The third-order valence-corrected chi connectivity index (χ3v) is 4.98. The molecule has 2 aromatic rings. The van der Waals surface area contributed by atoms with E-state index >= 15 is 0 Å². The van der Waals surface area contributed by atoms with Gasteiger partial charge in [-0.05, 0) is 25.0 Å². The summed E-state index contributed by atoms with van der Waals surface area (Å²) >= 11 is 1.48. The Hall–Kier alpha value is -1.82. The largest absolute Gasteiger partial charge is 0.355 e. The zero-order valence-corrected chi connectivity index (χ0v) is 14.3. The number of amides is 1. The molecule has 1 N–H and O–H groups in total. The van der Waals surface area contributed by atoms with Gasteiger partial charge in [0.25, 0.3) is 0 Å². The minimum absolute atomic E-state index is 0.0934. The fourth-order valence-electron chi connectivity index (χ4n) is 2.64. The van der Waals surface area contributed by atoms with Crippen LogP contribution in [0.1, 0.15) is 44.9 Å². The van der Waals surface area contributed by atoms with Crippen LogP contribution in [-0.4, -0.2) is 32.5 Å². The second-order valence-electron chi connectivity index (χ2n) is 6.05. The molecular formula is C17H22N4OS. The van der Waals surface area contributed by atoms with Gasteiger partial charge < -0.3 is 5.32 Å². The lowest BCUT2D eigenvalue weighted by Gasteiger charge is -2.09. The summed E-state index contributed by atoms with van der Waals surface area (Å²) in [7, 11) is 0. The number of hydrogen-bond acceptors (Lipinski definition) is 4. The summed E-state index contributed by atoms with van der Waals surface area (Å²) in [5.41, 5.74) is 1.00. The molecule has 0 radical (unpaired) electrons. The second kappa shape index (κ2) is 7.17. The molecule has 3 rings (SSSR count). The summed E-state index contributed by atoms with van der Waals surface area (Å²) in [4.78, 5) is 16.8. The molecule has 0 saturated carbocycles. The van der Waals surface area contributed by atoms with Crippen LogP contribution in [-0.2, 0) is 4.79 Å². The minimum Gasteiger partial charge on any atom is -0.355 e. The molecule has 0 aliphatic carbocycles. The predicted octanol–water partition coefficient (Wildman–Crippen LogP) is 3.15. The summed E-state index contributed by atoms with van der Waals surface area (Å²) < 4.78 is 1.89. The van der Waals surface area contributed by atoms with Crippen molar-refractivity contribution in [1.29, 1.82) is 0 Å². The van der Waals surface area contributed by atoms with Gasteiger partial charge in [-0.1, -0.05) is 50.2 Å². The van der Waals surface area contributed by atoms with Crippen molar-refractivity contribution in [3.63, 3.8) is 0 Å². The lowest BCUT2D eigenvalue weighted by atomic mass is 10.2. The third-order valence-electron chi connectivity index (χ3n) is 3.86. The van der Waals surface area contributed by atoms with E-state index in [4.69, 9.17) is 0 Å². The Kier molecular flexibility index (Phi) is 5.00. The molecule has 23 heavy (non-hydrogen) atoms. The molecule has 5 nitrogen and oxygen atoms in total. The maximum Gasteiger partial charge on any atom is 0.233 e. The van der Waals surface area contributed by atoms with Gasteiger partial charge in [0.15, 0.2) is 0 Å². The van der Waals surface area contributed by atoms with E-state index in [2.05, 4.69) is 29.2 Å². The van der Waals surface area contributed by atoms with Crippen LogP contribution in [0.2, 0.25) is 0 Å². The average Bonchev–Trinajstić information content (AvgIpc) is 2.88. The normalized spacial score (nSPS) is 18.7. The summed E-state index contributed by atoms with van der Waals surface area (Å²) in [5.74, 6) is 1.29. The number of carbonyl (C=O) groups is 1. The summed E-state index contributed by atoms with van der Waals surface area (Å²) in [5, 5.41) is 8.20. The van der Waals surface area contributed by atoms with Gasteiger partial charge in [0.1, 0.15) is 5.82 Å². The van der Waals surface area contributed by atoms with Gasteiger partial charge in [0.2, 0.25) is 11.1 Å². The maximum atomic E-state index is 12.1. The van der Waals surface area contributed by atoms with Crippen molar-refractivity contribution in [3.05, 3.63) is 36.2 Å². The zero-order valence-electron chi connectivity index (χ0n) is 13.5. The number of benzene rings is 1. The zero-order chi connectivity index (χ0) is 16.2. The summed E-state index contributed by atoms with van der Waals surface area (Å²) in [6.07, 6.45) is 2.99. The highest BCUT2D eigenvalue weighted by atomic mass is 32.2. The molecule has 1 atom stereocenters. The summed E-state index contributed by atoms with van der Waals surface area (Å²) in [6, 6.07) is 10.0. The topological polar surface area (TPSA) is 59.8 Å². The number of carbonyl (C=O) groups excluding carboxylic acids is 1. The molecule has 1 fully saturated rings. The SMILES string of the molecule is CC(C)c1nc(S[C@H]2CCCCNC2=O)nn1-c1ccccc1. The van der Waals surface area contributed by atoms with Crippen LogP contribution in [0.15, 0.2) is 35.5 Å². The molecule has 0 unspecified atom stereocenters. The van der Waals surface area contributed by atoms with Crippen molar-refractivity contribution in [1.82, 2.24) is 20.1 Å². The lowest BCUT2D eigenvalue weighted by molar-refractivity contribution is -0.120. The number of aromatic nitrogens is 3. The van der Waals surface area contributed by atoms with Crippen LogP contribution in [0.25, 0.3) is 5.69 Å². The van der Waals surface area contributed by atoms with Gasteiger partial charge >= 0.3 is 0 Å². The smallest absolute Gasteiger partial charge is 0.233 e. The molecule has 1 aromatic heterocycles. The monoisotopic (exact) mass is 330 g/mol. The van der Waals surface area contributed by atoms with Gasteiger partial charge in [-0.3, -0.25) is 4.79 Å². The molecule has 1 aliphatic heterocycles. The molecule has 1 amide bonds. The van der Waals surface area contributed by atoms with Gasteiger partial charge in [-0.15, -0.1) is 5.10 Å². The number of nitrogens with one attached hydrogen (secondary N) is 1. The Bertz CT molecular complexity index is 668. The summed E-state index contributed by atoms with van der Waals surface area (Å²) in [6.45, 7) is 4.99. The van der Waals surface area contributed by atoms with Crippen LogP contribution < -0.4 is 5.32 Å². The van der Waals surface area contributed by atoms with Crippen LogP contribution >= 0.6 is 11.8 Å². The highest BCUT2D eigenvalue weighted by Crippen LogP contribution is 2.28. The fraction of sp³-hybridized carbons (Fsp3) is 0.471. The van der Waals surface area contributed by atoms with Gasteiger partial charge in [0, 0.05) is 12.5 Å². The molecule has 1 saturated heterocycles. The van der Waals surface area contributed by atoms with Crippen LogP contribution in [0, 0.1) is 0 Å². The Labute approximate surface area is 140 Å². The lowest BCUT2D eigenvalue weighted by Crippen LogP contribution is -2.30. The first kappa shape index (κ1) is 16.1. The number of rotatable bonds is 4. The van der Waals surface area contributed by atoms with Crippen molar-refractivity contribution in [2.75, 3.05) is 6.54 Å². The van der Waals surface area contributed by atoms with Crippen molar-refractivity contribution in [2.45, 2.75) is 49.4 Å². The molecule has 1 aliphatic rings. The van der Waals surface area contributed by atoms with Crippen molar-refractivity contribution in [2.24, 2.45) is 0 Å². The highest BCUT2D eigenvalue weighted by Gasteiger charge is 2.25. The molecule has 0 spiro atoms. The van der Waals surface area contributed by atoms with E-state index in [-0.39, 0.29) is 17.1 Å². The second-order valence-corrected chi connectivity index (χ2v) is 7.22. The van der Waals surface area contributed by atoms with Crippen molar-refractivity contribution >= 4 is 17.7 Å². The van der Waals surface area contributed by atoms with Gasteiger partial charge in [-0.2, -0.15) is 0 Å². The van der Waals surface area contributed by atoms with Crippen molar-refractivity contribution < 1.29 is 4.79 Å². The predicted molar refractivity (Wildman–Crippen MR) is 92.0 cm³/mol. The maximum absolute atomic E-state index is 12.1.